The lowest BCUT2D eigenvalue weighted by Gasteiger charge is -2.29. The topological polar surface area (TPSA) is 31.6 Å². The van der Waals surface area contributed by atoms with Gasteiger partial charge >= 0.3 is 0 Å². The molecule has 0 aliphatic rings. The Hall–Kier alpha value is -3.78. The fraction of sp³-hybridized carbons (Fsp3) is 0.257. The SMILES string of the molecule is C/C=C\c1c(-c2c[nH]c3ccc(C(C)C)cc23)c[nH]c1/C=C/C(c1cccc2ccccc12)C(C)(C)C. The summed E-state index contributed by atoms with van der Waals surface area (Å²) in [5, 5.41) is 3.89. The highest BCUT2D eigenvalue weighted by Gasteiger charge is 2.25. The molecule has 2 nitrogen and oxygen atoms in total. The van der Waals surface area contributed by atoms with Crippen LogP contribution in [0.25, 0.3) is 45.0 Å². The summed E-state index contributed by atoms with van der Waals surface area (Å²) in [6.07, 6.45) is 13.3. The number of hydrogen-bond acceptors (Lipinski definition) is 0. The highest BCUT2D eigenvalue weighted by molar-refractivity contribution is 5.99. The maximum Gasteiger partial charge on any atom is 0.0460 e. The summed E-state index contributed by atoms with van der Waals surface area (Å²) in [5.74, 6) is 0.765. The van der Waals surface area contributed by atoms with Gasteiger partial charge < -0.3 is 9.97 Å². The predicted molar refractivity (Wildman–Crippen MR) is 162 cm³/mol. The Bertz CT molecular complexity index is 1590. The summed E-state index contributed by atoms with van der Waals surface area (Å²) in [6.45, 7) is 13.6. The van der Waals surface area contributed by atoms with Crippen LogP contribution < -0.4 is 0 Å². The van der Waals surface area contributed by atoms with Crippen molar-refractivity contribution < 1.29 is 0 Å². The molecule has 0 saturated carbocycles. The van der Waals surface area contributed by atoms with Crippen LogP contribution in [0.5, 0.6) is 0 Å². The second-order valence-electron chi connectivity index (χ2n) is 11.5. The first-order valence-corrected chi connectivity index (χ1v) is 13.4. The van der Waals surface area contributed by atoms with Crippen LogP contribution in [-0.4, -0.2) is 9.97 Å². The minimum absolute atomic E-state index is 0.0703. The third-order valence-electron chi connectivity index (χ3n) is 7.50. The van der Waals surface area contributed by atoms with Crippen LogP contribution in [0.1, 0.15) is 75.8 Å². The van der Waals surface area contributed by atoms with Crippen molar-refractivity contribution in [3.63, 3.8) is 0 Å². The van der Waals surface area contributed by atoms with Crippen molar-refractivity contribution in [3.05, 3.63) is 108 Å². The van der Waals surface area contributed by atoms with E-state index < -0.39 is 0 Å². The Morgan fingerprint density at radius 2 is 1.54 bits per heavy atom. The van der Waals surface area contributed by atoms with E-state index in [0.29, 0.717) is 5.92 Å². The van der Waals surface area contributed by atoms with Crippen LogP contribution in [-0.2, 0) is 0 Å². The molecule has 0 aliphatic carbocycles. The number of nitrogens with one attached hydrogen (secondary N) is 2. The molecule has 0 fully saturated rings. The second-order valence-corrected chi connectivity index (χ2v) is 11.5. The van der Waals surface area contributed by atoms with Crippen molar-refractivity contribution in [2.75, 3.05) is 0 Å². The van der Waals surface area contributed by atoms with Crippen LogP contribution in [0.4, 0.5) is 0 Å². The number of allylic oxidation sites excluding steroid dienone is 2. The molecular formula is C35H38N2. The summed E-state index contributed by atoms with van der Waals surface area (Å²) < 4.78 is 0. The van der Waals surface area contributed by atoms with Crippen LogP contribution in [0, 0.1) is 5.41 Å². The highest BCUT2D eigenvalue weighted by atomic mass is 14.7. The van der Waals surface area contributed by atoms with E-state index in [-0.39, 0.29) is 11.3 Å². The molecule has 2 N–H and O–H groups in total. The fourth-order valence-electron chi connectivity index (χ4n) is 5.45. The number of benzene rings is 3. The Morgan fingerprint density at radius 3 is 2.30 bits per heavy atom. The van der Waals surface area contributed by atoms with Gasteiger partial charge in [-0.3, -0.25) is 0 Å². The number of hydrogen-bond donors (Lipinski definition) is 2. The smallest absolute Gasteiger partial charge is 0.0460 e. The third kappa shape index (κ3) is 4.81. The molecule has 37 heavy (non-hydrogen) atoms. The molecule has 3 aromatic carbocycles. The average Bonchev–Trinajstić information content (AvgIpc) is 3.47. The first kappa shape index (κ1) is 24.9. The lowest BCUT2D eigenvalue weighted by Crippen LogP contribution is -2.16. The van der Waals surface area contributed by atoms with Crippen molar-refractivity contribution in [2.24, 2.45) is 5.41 Å². The molecule has 188 valence electrons. The molecule has 2 heteroatoms. The van der Waals surface area contributed by atoms with Gasteiger partial charge in [0.25, 0.3) is 0 Å². The molecule has 1 atom stereocenters. The maximum atomic E-state index is 3.59. The monoisotopic (exact) mass is 486 g/mol. The molecule has 2 heterocycles. The standard InChI is InChI=1S/C35H38N2/c1-7-11-28-30(31-22-37-34-18-16-25(23(2)3)20-29(31)34)21-36-33(28)19-17-32(35(4,5)6)27-15-10-13-24-12-8-9-14-26(24)27/h7-23,32,36-37H,1-6H3/b11-7-,19-17+. The maximum absolute atomic E-state index is 3.59. The number of rotatable bonds is 6. The van der Waals surface area contributed by atoms with Gasteiger partial charge in [0.15, 0.2) is 0 Å². The lowest BCUT2D eigenvalue weighted by molar-refractivity contribution is 0.369. The number of aromatic nitrogens is 2. The van der Waals surface area contributed by atoms with Gasteiger partial charge in [-0.05, 0) is 58.4 Å². The van der Waals surface area contributed by atoms with E-state index in [2.05, 4.69) is 149 Å². The molecule has 0 amide bonds. The van der Waals surface area contributed by atoms with E-state index in [9.17, 15) is 0 Å². The van der Waals surface area contributed by atoms with Gasteiger partial charge in [0.05, 0.1) is 0 Å². The van der Waals surface area contributed by atoms with Crippen molar-refractivity contribution >= 4 is 33.8 Å². The average molecular weight is 487 g/mol. The molecule has 5 aromatic rings. The first-order chi connectivity index (χ1) is 17.8. The van der Waals surface area contributed by atoms with E-state index >= 15 is 0 Å². The van der Waals surface area contributed by atoms with Crippen LogP contribution in [0.15, 0.2) is 85.2 Å². The van der Waals surface area contributed by atoms with E-state index in [1.54, 1.807) is 0 Å². The van der Waals surface area contributed by atoms with Gasteiger partial charge in [-0.15, -0.1) is 0 Å². The summed E-state index contributed by atoms with van der Waals surface area (Å²) in [7, 11) is 0. The summed E-state index contributed by atoms with van der Waals surface area (Å²) in [6, 6.07) is 22.2. The second kappa shape index (κ2) is 9.94. The molecule has 0 saturated heterocycles. The van der Waals surface area contributed by atoms with E-state index in [1.807, 2.05) is 0 Å². The zero-order chi connectivity index (χ0) is 26.2. The molecule has 5 rings (SSSR count). The third-order valence-corrected chi connectivity index (χ3v) is 7.50. The molecule has 0 bridgehead atoms. The number of fused-ring (bicyclic) bond motifs is 2. The summed E-state index contributed by atoms with van der Waals surface area (Å²) in [4.78, 5) is 7.08. The Labute approximate surface area is 221 Å². The van der Waals surface area contributed by atoms with Crippen molar-refractivity contribution in [2.45, 2.75) is 53.4 Å². The molecule has 1 unspecified atom stereocenters. The summed E-state index contributed by atoms with van der Waals surface area (Å²) >= 11 is 0. The van der Waals surface area contributed by atoms with E-state index in [1.165, 1.54) is 49.5 Å². The van der Waals surface area contributed by atoms with Crippen molar-refractivity contribution in [3.8, 4) is 11.1 Å². The van der Waals surface area contributed by atoms with Crippen molar-refractivity contribution in [1.82, 2.24) is 9.97 Å². The Kier molecular flexibility index (Phi) is 6.69. The van der Waals surface area contributed by atoms with Gasteiger partial charge in [0, 0.05) is 51.6 Å². The largest absolute Gasteiger partial charge is 0.361 e. The minimum atomic E-state index is 0.0703. The lowest BCUT2D eigenvalue weighted by atomic mass is 9.75. The number of aromatic amines is 2. The van der Waals surface area contributed by atoms with E-state index in [0.717, 1.165) is 5.69 Å². The zero-order valence-corrected chi connectivity index (χ0v) is 22.9. The van der Waals surface area contributed by atoms with Crippen LogP contribution >= 0.6 is 0 Å². The van der Waals surface area contributed by atoms with Gasteiger partial charge in [0.2, 0.25) is 0 Å². The Balaban J connectivity index is 1.60. The van der Waals surface area contributed by atoms with Crippen molar-refractivity contribution in [1.29, 1.82) is 0 Å². The van der Waals surface area contributed by atoms with Gasteiger partial charge in [-0.1, -0.05) is 101 Å². The van der Waals surface area contributed by atoms with Gasteiger partial charge in [-0.2, -0.15) is 0 Å². The fourth-order valence-corrected chi connectivity index (χ4v) is 5.45. The normalized spacial score (nSPS) is 13.6. The molecule has 0 radical (unpaired) electrons. The number of H-pyrrole nitrogens is 2. The Morgan fingerprint density at radius 1 is 0.784 bits per heavy atom. The van der Waals surface area contributed by atoms with Crippen LogP contribution in [0.3, 0.4) is 0 Å². The van der Waals surface area contributed by atoms with E-state index in [4.69, 9.17) is 0 Å². The zero-order valence-electron chi connectivity index (χ0n) is 22.9. The molecule has 2 aromatic heterocycles. The molecule has 0 spiro atoms. The molecule has 0 aliphatic heterocycles. The molecular weight excluding hydrogens is 448 g/mol. The highest BCUT2D eigenvalue weighted by Crippen LogP contribution is 2.41. The van der Waals surface area contributed by atoms with Gasteiger partial charge in [0.1, 0.15) is 0 Å². The van der Waals surface area contributed by atoms with Crippen LogP contribution in [0.2, 0.25) is 0 Å². The predicted octanol–water partition coefficient (Wildman–Crippen LogP) is 10.3. The summed E-state index contributed by atoms with van der Waals surface area (Å²) in [5.41, 5.74) is 8.80. The quantitative estimate of drug-likeness (QED) is 0.239. The minimum Gasteiger partial charge on any atom is -0.361 e. The van der Waals surface area contributed by atoms with Gasteiger partial charge in [-0.25, -0.2) is 0 Å². The first-order valence-electron chi connectivity index (χ1n) is 13.4.